The summed E-state index contributed by atoms with van der Waals surface area (Å²) in [6.45, 7) is 4.98. The average Bonchev–Trinajstić information content (AvgIpc) is 2.74. The number of carbonyl (C=O) groups excluding carboxylic acids is 1. The van der Waals surface area contributed by atoms with Crippen LogP contribution in [0.1, 0.15) is 20.3 Å². The van der Waals surface area contributed by atoms with Crippen molar-refractivity contribution in [2.45, 2.75) is 25.8 Å². The lowest BCUT2D eigenvalue weighted by Crippen LogP contribution is -2.46. The first kappa shape index (κ1) is 10.8. The Hall–Kier alpha value is -0.710. The summed E-state index contributed by atoms with van der Waals surface area (Å²) in [5.74, 6) is 3.19. The lowest BCUT2D eigenvalue weighted by Gasteiger charge is -2.17. The average molecular weight is 227 g/mol. The van der Waals surface area contributed by atoms with Gasteiger partial charge in [0.2, 0.25) is 0 Å². The van der Waals surface area contributed by atoms with Gasteiger partial charge in [0.05, 0.1) is 0 Å². The largest absolute Gasteiger partial charge is 0.341 e. The molecule has 0 saturated carbocycles. The van der Waals surface area contributed by atoms with Crippen LogP contribution in [0, 0.1) is 5.92 Å². The van der Waals surface area contributed by atoms with Crippen molar-refractivity contribution in [2.75, 3.05) is 18.1 Å². The van der Waals surface area contributed by atoms with Gasteiger partial charge in [0.15, 0.2) is 5.96 Å². The molecule has 1 spiro atoms. The molecule has 1 amide bonds. The molecule has 2 saturated heterocycles. The van der Waals surface area contributed by atoms with Gasteiger partial charge in [-0.1, -0.05) is 13.8 Å². The molecule has 0 bridgehead atoms. The molecule has 0 aromatic carbocycles. The molecule has 2 fully saturated rings. The number of aliphatic imine (C=N–C) groups is 1. The van der Waals surface area contributed by atoms with E-state index in [1.165, 1.54) is 0 Å². The third kappa shape index (κ3) is 2.12. The van der Waals surface area contributed by atoms with Gasteiger partial charge in [0.1, 0.15) is 5.54 Å². The van der Waals surface area contributed by atoms with E-state index < -0.39 is 0 Å². The Labute approximate surface area is 94.3 Å². The SMILES string of the molecule is CC(C)CN=C1NC(=O)C2(CCSC2)N1. The predicted octanol–water partition coefficient (Wildman–Crippen LogP) is 0.594. The summed E-state index contributed by atoms with van der Waals surface area (Å²) in [5, 5.41) is 6.07. The first-order valence-electron chi connectivity index (χ1n) is 5.34. The van der Waals surface area contributed by atoms with Crippen LogP contribution >= 0.6 is 11.8 Å². The molecule has 0 radical (unpaired) electrons. The van der Waals surface area contributed by atoms with E-state index in [1.54, 1.807) is 0 Å². The third-order valence-corrected chi connectivity index (χ3v) is 3.85. The quantitative estimate of drug-likeness (QED) is 0.726. The van der Waals surface area contributed by atoms with Crippen LogP contribution in [0.2, 0.25) is 0 Å². The predicted molar refractivity (Wildman–Crippen MR) is 63.1 cm³/mol. The van der Waals surface area contributed by atoms with E-state index in [2.05, 4.69) is 29.5 Å². The van der Waals surface area contributed by atoms with Crippen molar-refractivity contribution in [1.82, 2.24) is 10.6 Å². The highest BCUT2D eigenvalue weighted by atomic mass is 32.2. The molecule has 15 heavy (non-hydrogen) atoms. The molecule has 0 aliphatic carbocycles. The summed E-state index contributed by atoms with van der Waals surface area (Å²) in [6.07, 6.45) is 0.907. The summed E-state index contributed by atoms with van der Waals surface area (Å²) in [7, 11) is 0. The van der Waals surface area contributed by atoms with Gasteiger partial charge in [-0.2, -0.15) is 11.8 Å². The minimum absolute atomic E-state index is 0.0926. The van der Waals surface area contributed by atoms with E-state index in [4.69, 9.17) is 0 Å². The third-order valence-electron chi connectivity index (χ3n) is 2.66. The zero-order valence-corrected chi connectivity index (χ0v) is 9.99. The molecule has 84 valence electrons. The van der Waals surface area contributed by atoms with Crippen LogP contribution < -0.4 is 10.6 Å². The first-order valence-corrected chi connectivity index (χ1v) is 6.50. The summed E-state index contributed by atoms with van der Waals surface area (Å²) >= 11 is 1.82. The minimum atomic E-state index is -0.361. The van der Waals surface area contributed by atoms with Crippen molar-refractivity contribution >= 4 is 23.6 Å². The van der Waals surface area contributed by atoms with E-state index in [-0.39, 0.29) is 11.4 Å². The summed E-state index contributed by atoms with van der Waals surface area (Å²) in [6, 6.07) is 0. The highest BCUT2D eigenvalue weighted by Gasteiger charge is 2.47. The Morgan fingerprint density at radius 1 is 1.60 bits per heavy atom. The van der Waals surface area contributed by atoms with E-state index in [9.17, 15) is 4.79 Å². The Morgan fingerprint density at radius 2 is 2.40 bits per heavy atom. The number of nitrogens with zero attached hydrogens (tertiary/aromatic N) is 1. The number of carbonyl (C=O) groups is 1. The maximum absolute atomic E-state index is 11.8. The molecule has 2 N–H and O–H groups in total. The smallest absolute Gasteiger partial charge is 0.253 e. The van der Waals surface area contributed by atoms with E-state index >= 15 is 0 Å². The van der Waals surface area contributed by atoms with E-state index in [0.717, 1.165) is 24.5 Å². The Bertz CT molecular complexity index is 295. The second kappa shape index (κ2) is 4.04. The number of hydrogen-bond acceptors (Lipinski definition) is 3. The summed E-state index contributed by atoms with van der Waals surface area (Å²) in [4.78, 5) is 16.1. The number of guanidine groups is 1. The number of amides is 1. The van der Waals surface area contributed by atoms with Crippen molar-refractivity contribution in [3.8, 4) is 0 Å². The van der Waals surface area contributed by atoms with Crippen LogP contribution in [0.3, 0.4) is 0 Å². The fourth-order valence-electron chi connectivity index (χ4n) is 1.74. The van der Waals surface area contributed by atoms with Crippen molar-refractivity contribution < 1.29 is 4.79 Å². The van der Waals surface area contributed by atoms with Crippen LogP contribution in [-0.4, -0.2) is 35.5 Å². The number of hydrogen-bond donors (Lipinski definition) is 2. The molecule has 2 aliphatic rings. The molecule has 5 heteroatoms. The van der Waals surface area contributed by atoms with Gasteiger partial charge < -0.3 is 5.32 Å². The molecule has 2 aliphatic heterocycles. The molecular formula is C10H17N3OS. The van der Waals surface area contributed by atoms with Gasteiger partial charge in [-0.25, -0.2) is 0 Å². The maximum Gasteiger partial charge on any atom is 0.253 e. The Balaban J connectivity index is 2.03. The zero-order chi connectivity index (χ0) is 10.9. The van der Waals surface area contributed by atoms with Gasteiger partial charge in [-0.3, -0.25) is 15.1 Å². The normalized spacial score (nSPS) is 32.7. The van der Waals surface area contributed by atoms with E-state index in [1.807, 2.05) is 11.8 Å². The van der Waals surface area contributed by atoms with Gasteiger partial charge in [-0.15, -0.1) is 0 Å². The number of rotatable bonds is 2. The van der Waals surface area contributed by atoms with Gasteiger partial charge in [0.25, 0.3) is 5.91 Å². The molecule has 2 rings (SSSR count). The zero-order valence-electron chi connectivity index (χ0n) is 9.17. The molecule has 0 aromatic rings. The highest BCUT2D eigenvalue weighted by molar-refractivity contribution is 7.99. The maximum atomic E-state index is 11.8. The molecule has 0 aromatic heterocycles. The van der Waals surface area contributed by atoms with Gasteiger partial charge >= 0.3 is 0 Å². The first-order chi connectivity index (χ1) is 7.12. The van der Waals surface area contributed by atoms with Crippen molar-refractivity contribution in [2.24, 2.45) is 10.9 Å². The molecule has 2 heterocycles. The van der Waals surface area contributed by atoms with E-state index in [0.29, 0.717) is 11.9 Å². The molecular weight excluding hydrogens is 210 g/mol. The highest BCUT2D eigenvalue weighted by Crippen LogP contribution is 2.30. The second-order valence-electron chi connectivity index (χ2n) is 4.55. The lowest BCUT2D eigenvalue weighted by molar-refractivity contribution is -0.123. The topological polar surface area (TPSA) is 53.5 Å². The second-order valence-corrected chi connectivity index (χ2v) is 5.65. The minimum Gasteiger partial charge on any atom is -0.341 e. The van der Waals surface area contributed by atoms with Gasteiger partial charge in [-0.05, 0) is 18.1 Å². The van der Waals surface area contributed by atoms with Crippen LogP contribution in [0.25, 0.3) is 0 Å². The van der Waals surface area contributed by atoms with Crippen LogP contribution in [0.5, 0.6) is 0 Å². The van der Waals surface area contributed by atoms with Crippen molar-refractivity contribution in [3.05, 3.63) is 0 Å². The van der Waals surface area contributed by atoms with Gasteiger partial charge in [0, 0.05) is 12.3 Å². The summed E-state index contributed by atoms with van der Waals surface area (Å²) in [5.41, 5.74) is -0.361. The van der Waals surface area contributed by atoms with Crippen LogP contribution in [0.15, 0.2) is 4.99 Å². The molecule has 1 atom stereocenters. The van der Waals surface area contributed by atoms with Crippen LogP contribution in [-0.2, 0) is 4.79 Å². The number of thioether (sulfide) groups is 1. The fourth-order valence-corrected chi connectivity index (χ4v) is 3.07. The standard InChI is InChI=1S/C10H17N3OS/c1-7(2)5-11-9-12-8(14)10(13-9)3-4-15-6-10/h7H,3-6H2,1-2H3,(H2,11,12,13,14). The molecule has 1 unspecified atom stereocenters. The number of nitrogens with one attached hydrogen (secondary N) is 2. The fraction of sp³-hybridized carbons (Fsp3) is 0.800. The lowest BCUT2D eigenvalue weighted by atomic mass is 10.0. The van der Waals surface area contributed by atoms with Crippen molar-refractivity contribution in [1.29, 1.82) is 0 Å². The molecule has 4 nitrogen and oxygen atoms in total. The van der Waals surface area contributed by atoms with Crippen molar-refractivity contribution in [3.63, 3.8) is 0 Å². The monoisotopic (exact) mass is 227 g/mol. The van der Waals surface area contributed by atoms with Crippen LogP contribution in [0.4, 0.5) is 0 Å². The Kier molecular flexibility index (Phi) is 2.91. The Morgan fingerprint density at radius 3 is 3.00 bits per heavy atom. The summed E-state index contributed by atoms with van der Waals surface area (Å²) < 4.78 is 0.